The first kappa shape index (κ1) is 32.3. The zero-order valence-corrected chi connectivity index (χ0v) is 29.0. The van der Waals surface area contributed by atoms with Crippen LogP contribution in [0.4, 0.5) is 16.0 Å². The Labute approximate surface area is 289 Å². The number of nitrogens with zero attached hydrogens (tertiary/aromatic N) is 5. The Hall–Kier alpha value is -4.28. The molecule has 5 aromatic rings. The van der Waals surface area contributed by atoms with Gasteiger partial charge in [-0.1, -0.05) is 47.6 Å². The molecule has 0 bridgehead atoms. The number of methoxy groups -OCH3 is 2. The molecule has 0 radical (unpaired) electrons. The third kappa shape index (κ3) is 6.19. The first-order valence-corrected chi connectivity index (χ1v) is 17.6. The molecule has 248 valence electrons. The molecule has 0 saturated carbocycles. The summed E-state index contributed by atoms with van der Waals surface area (Å²) in [5, 5.41) is 1.21. The second-order valence-electron chi connectivity index (χ2n) is 12.2. The van der Waals surface area contributed by atoms with Gasteiger partial charge in [0.2, 0.25) is 0 Å². The van der Waals surface area contributed by atoms with Crippen LogP contribution in [-0.4, -0.2) is 54.6 Å². The molecule has 1 saturated heterocycles. The highest BCUT2D eigenvalue weighted by Gasteiger charge is 2.35. The third-order valence-electron chi connectivity index (χ3n) is 9.05. The van der Waals surface area contributed by atoms with Gasteiger partial charge >= 0.3 is 0 Å². The monoisotopic (exact) mass is 685 g/mol. The van der Waals surface area contributed by atoms with Crippen molar-refractivity contribution < 1.29 is 18.6 Å². The van der Waals surface area contributed by atoms with E-state index in [9.17, 15) is 0 Å². The van der Waals surface area contributed by atoms with Crippen LogP contribution in [-0.2, 0) is 13.1 Å². The number of pyridine rings is 1. The quantitative estimate of drug-likeness (QED) is 0.112. The number of aryl methyl sites for hydroxylation is 1. The molecule has 0 spiro atoms. The number of halogens is 2. The summed E-state index contributed by atoms with van der Waals surface area (Å²) in [7, 11) is 3.31. The molecule has 11 heteroatoms. The summed E-state index contributed by atoms with van der Waals surface area (Å²) in [6.07, 6.45) is 5.03. The second kappa shape index (κ2) is 13.7. The maximum Gasteiger partial charge on any atom is 0.189 e. The minimum atomic E-state index is -0.530. The second-order valence-corrected chi connectivity index (χ2v) is 13.3. The van der Waals surface area contributed by atoms with E-state index in [4.69, 9.17) is 35.8 Å². The lowest BCUT2D eigenvalue weighted by Gasteiger charge is -2.35. The van der Waals surface area contributed by atoms with Gasteiger partial charge in [-0.25, -0.2) is 19.3 Å². The maximum atomic E-state index is 17.0. The van der Waals surface area contributed by atoms with Crippen LogP contribution in [0.1, 0.15) is 36.0 Å². The van der Waals surface area contributed by atoms with Crippen LogP contribution in [0.2, 0.25) is 5.02 Å². The zero-order valence-electron chi connectivity index (χ0n) is 27.4. The fraction of sp³-hybridized carbons (Fsp3) is 0.324. The Morgan fingerprint density at radius 1 is 0.958 bits per heavy atom. The van der Waals surface area contributed by atoms with Crippen molar-refractivity contribution >= 4 is 45.9 Å². The fourth-order valence-electron chi connectivity index (χ4n) is 6.59. The van der Waals surface area contributed by atoms with Crippen molar-refractivity contribution in [1.29, 1.82) is 0 Å². The van der Waals surface area contributed by atoms with E-state index in [1.807, 2.05) is 73.8 Å². The molecule has 0 aliphatic carbocycles. The Kier molecular flexibility index (Phi) is 9.20. The molecule has 2 aromatic heterocycles. The van der Waals surface area contributed by atoms with Crippen molar-refractivity contribution in [3.05, 3.63) is 88.2 Å². The molecule has 48 heavy (non-hydrogen) atoms. The number of benzene rings is 3. The number of rotatable bonds is 9. The number of hydrogen-bond donors (Lipinski definition) is 0. The van der Waals surface area contributed by atoms with E-state index >= 15 is 4.39 Å². The molecular formula is C37H37ClFN5O3S. The summed E-state index contributed by atoms with van der Waals surface area (Å²) in [5.41, 5.74) is 3.85. The number of hydrogen-bond acceptors (Lipinski definition) is 9. The molecule has 2 aliphatic heterocycles. The highest BCUT2D eigenvalue weighted by Crippen LogP contribution is 2.48. The van der Waals surface area contributed by atoms with Crippen molar-refractivity contribution in [3.63, 3.8) is 0 Å². The Bertz CT molecular complexity index is 1910. The predicted molar refractivity (Wildman–Crippen MR) is 191 cm³/mol. The van der Waals surface area contributed by atoms with E-state index < -0.39 is 5.82 Å². The lowest BCUT2D eigenvalue weighted by molar-refractivity contribution is 0.267. The summed E-state index contributed by atoms with van der Waals surface area (Å²) in [6, 6.07) is 19.9. The molecule has 4 heterocycles. The summed E-state index contributed by atoms with van der Waals surface area (Å²) >= 11 is 8.55. The number of aromatic nitrogens is 3. The van der Waals surface area contributed by atoms with Crippen molar-refractivity contribution in [2.24, 2.45) is 0 Å². The van der Waals surface area contributed by atoms with Gasteiger partial charge in [0.15, 0.2) is 16.7 Å². The first-order chi connectivity index (χ1) is 23.4. The Morgan fingerprint density at radius 3 is 2.25 bits per heavy atom. The van der Waals surface area contributed by atoms with Crippen molar-refractivity contribution in [2.75, 3.05) is 43.4 Å². The molecular weight excluding hydrogens is 649 g/mol. The Morgan fingerprint density at radius 2 is 1.62 bits per heavy atom. The van der Waals surface area contributed by atoms with Gasteiger partial charge in [-0.15, -0.1) is 0 Å². The van der Waals surface area contributed by atoms with Gasteiger partial charge in [0.05, 0.1) is 41.9 Å². The maximum absolute atomic E-state index is 17.0. The van der Waals surface area contributed by atoms with Crippen LogP contribution in [0, 0.1) is 12.7 Å². The van der Waals surface area contributed by atoms with Gasteiger partial charge in [0, 0.05) is 19.6 Å². The minimum absolute atomic E-state index is 0.134. The van der Waals surface area contributed by atoms with E-state index in [2.05, 4.69) is 14.8 Å². The summed E-state index contributed by atoms with van der Waals surface area (Å²) in [4.78, 5) is 19.0. The first-order valence-electron chi connectivity index (χ1n) is 16.0. The van der Waals surface area contributed by atoms with Crippen molar-refractivity contribution in [3.8, 4) is 28.5 Å². The van der Waals surface area contributed by atoms with Crippen LogP contribution in [0.3, 0.4) is 0 Å². The smallest absolute Gasteiger partial charge is 0.189 e. The molecule has 0 N–H and O–H groups in total. The minimum Gasteiger partial charge on any atom is -0.497 e. The molecule has 8 nitrogen and oxygen atoms in total. The van der Waals surface area contributed by atoms with Gasteiger partial charge in [-0.05, 0) is 85.5 Å². The van der Waals surface area contributed by atoms with E-state index in [1.54, 1.807) is 14.2 Å². The van der Waals surface area contributed by atoms with Gasteiger partial charge in [-0.2, -0.15) is 0 Å². The average Bonchev–Trinajstić information content (AvgIpc) is 3.28. The van der Waals surface area contributed by atoms with Crippen LogP contribution in [0.15, 0.2) is 65.8 Å². The fourth-order valence-corrected chi connectivity index (χ4v) is 7.28. The van der Waals surface area contributed by atoms with E-state index in [1.165, 1.54) is 11.8 Å². The average molecular weight is 686 g/mol. The van der Waals surface area contributed by atoms with Gasteiger partial charge in [0.1, 0.15) is 35.3 Å². The van der Waals surface area contributed by atoms with Crippen molar-refractivity contribution in [2.45, 2.75) is 50.5 Å². The molecule has 2 aliphatic rings. The van der Waals surface area contributed by atoms with Gasteiger partial charge < -0.3 is 24.0 Å². The molecule has 1 fully saturated rings. The number of fused-ring (bicyclic) bond motifs is 2. The highest BCUT2D eigenvalue weighted by atomic mass is 35.5. The number of anilines is 2. The molecule has 1 atom stereocenters. The normalized spacial score (nSPS) is 15.5. The lowest BCUT2D eigenvalue weighted by Crippen LogP contribution is -2.42. The number of thioether (sulfide) groups is 1. The third-order valence-corrected chi connectivity index (χ3v) is 9.95. The standard InChI is InChI=1S/C37H37ClFN5O3S/c1-22-17-28(40-29(18-22)43(19-23-8-12-26(45-2)13-9-23)20-24-10-14-27(46-3)15-11-24)30-32(38)35-31-34(33(30)39)41-37(48-4)42-36(31)44-16-6-5-7-25(44)21-47-35/h8-15,17-18,25H,5-7,16,19-21H2,1-4H3/t25-/m0/s1. The summed E-state index contributed by atoms with van der Waals surface area (Å²) < 4.78 is 34.2. The van der Waals surface area contributed by atoms with Gasteiger partial charge in [-0.3, -0.25) is 0 Å². The lowest BCUT2D eigenvalue weighted by atomic mass is 10.0. The SMILES string of the molecule is COc1ccc(CN(Cc2ccc(OC)cc2)c2cc(C)cc(-c3c(Cl)c4c5c(nc(SC)nc5c3F)N3CCCC[C@H]3CO4)n2)cc1. The summed E-state index contributed by atoms with van der Waals surface area (Å²) in [5.74, 6) is 2.83. The Balaban J connectivity index is 1.36. The predicted octanol–water partition coefficient (Wildman–Crippen LogP) is 8.49. The van der Waals surface area contributed by atoms with Crippen LogP contribution in [0.25, 0.3) is 22.2 Å². The largest absolute Gasteiger partial charge is 0.497 e. The number of ether oxygens (including phenoxy) is 3. The zero-order chi connectivity index (χ0) is 33.4. The van der Waals surface area contributed by atoms with Crippen molar-refractivity contribution in [1.82, 2.24) is 15.0 Å². The van der Waals surface area contributed by atoms with Gasteiger partial charge in [0.25, 0.3) is 0 Å². The number of piperidine rings is 1. The summed E-state index contributed by atoms with van der Waals surface area (Å²) in [6.45, 7) is 4.36. The molecule has 3 aromatic carbocycles. The van der Waals surface area contributed by atoms with Crippen LogP contribution < -0.4 is 24.0 Å². The highest BCUT2D eigenvalue weighted by molar-refractivity contribution is 7.98. The molecule has 7 rings (SSSR count). The topological polar surface area (TPSA) is 72.8 Å². The van der Waals surface area contributed by atoms with E-state index in [-0.39, 0.29) is 22.1 Å². The molecule has 0 amide bonds. The van der Waals surface area contributed by atoms with Crippen LogP contribution >= 0.6 is 23.4 Å². The molecule has 0 unspecified atom stereocenters. The van der Waals surface area contributed by atoms with E-state index in [0.29, 0.717) is 53.3 Å². The van der Waals surface area contributed by atoms with Crippen LogP contribution in [0.5, 0.6) is 17.2 Å². The van der Waals surface area contributed by atoms with E-state index in [0.717, 1.165) is 54.0 Å².